The Morgan fingerprint density at radius 3 is 2.05 bits per heavy atom. The molecule has 1 fully saturated rings. The van der Waals surface area contributed by atoms with E-state index < -0.39 is 12.0 Å². The van der Waals surface area contributed by atoms with Crippen LogP contribution in [0.15, 0.2) is 0 Å². The number of carbonyl (C=O) groups is 1. The molecule has 1 N–H and O–H groups in total. The number of carboxylic acids is 1. The Bertz CT molecular complexity index is 516. The fourth-order valence-corrected chi connectivity index (χ4v) is 2.96. The van der Waals surface area contributed by atoms with Gasteiger partial charge in [-0.15, -0.1) is 0 Å². The van der Waals surface area contributed by atoms with Gasteiger partial charge in [0.1, 0.15) is 5.82 Å². The van der Waals surface area contributed by atoms with Crippen molar-refractivity contribution in [3.8, 4) is 0 Å². The molecular formula is C15H26N4O2. The molecule has 1 aliphatic rings. The van der Waals surface area contributed by atoms with Crippen LogP contribution in [0.4, 0.5) is 0 Å². The van der Waals surface area contributed by atoms with Gasteiger partial charge in [0, 0.05) is 45.0 Å². The maximum atomic E-state index is 11.8. The largest absolute Gasteiger partial charge is 0.480 e. The molecule has 1 saturated heterocycles. The minimum Gasteiger partial charge on any atom is -0.480 e. The smallest absolute Gasteiger partial charge is 0.327 e. The lowest BCUT2D eigenvalue weighted by atomic mass is 10.1. The topological polar surface area (TPSA) is 61.6 Å². The average molecular weight is 294 g/mol. The molecule has 1 unspecified atom stereocenters. The number of piperazine rings is 1. The number of imidazole rings is 1. The monoisotopic (exact) mass is 294 g/mol. The lowest BCUT2D eigenvalue weighted by molar-refractivity contribution is -0.144. The molecule has 1 aliphatic heterocycles. The van der Waals surface area contributed by atoms with Crippen molar-refractivity contribution < 1.29 is 9.90 Å². The van der Waals surface area contributed by atoms with Crippen molar-refractivity contribution in [2.24, 2.45) is 7.05 Å². The molecule has 2 heterocycles. The molecule has 0 amide bonds. The highest BCUT2D eigenvalue weighted by atomic mass is 16.4. The van der Waals surface area contributed by atoms with Gasteiger partial charge in [-0.25, -0.2) is 4.98 Å². The standard InChI is InChI=1S/C15H26N4O2/c1-10(2)18-6-8-19(9-7-18)14(15(20)21)13-11(3)17(5)12(4)16-13/h10,14H,6-9H2,1-5H3,(H,20,21). The van der Waals surface area contributed by atoms with Crippen LogP contribution in [0, 0.1) is 13.8 Å². The number of nitrogens with zero attached hydrogens (tertiary/aromatic N) is 4. The first kappa shape index (κ1) is 16.0. The molecule has 0 radical (unpaired) electrons. The molecule has 1 aromatic rings. The minimum atomic E-state index is -0.811. The highest BCUT2D eigenvalue weighted by Gasteiger charge is 2.34. The predicted octanol–water partition coefficient (Wildman–Crippen LogP) is 1.19. The summed E-state index contributed by atoms with van der Waals surface area (Å²) < 4.78 is 1.95. The lowest BCUT2D eigenvalue weighted by Crippen LogP contribution is -2.51. The summed E-state index contributed by atoms with van der Waals surface area (Å²) in [4.78, 5) is 20.7. The van der Waals surface area contributed by atoms with Gasteiger partial charge >= 0.3 is 5.97 Å². The average Bonchev–Trinajstić information content (AvgIpc) is 2.67. The Kier molecular flexibility index (Phi) is 4.68. The van der Waals surface area contributed by atoms with Crippen molar-refractivity contribution in [2.45, 2.75) is 39.8 Å². The number of hydrogen-bond donors (Lipinski definition) is 1. The third-order valence-corrected chi connectivity index (χ3v) is 4.58. The zero-order chi connectivity index (χ0) is 15.7. The number of aromatic nitrogens is 2. The molecule has 118 valence electrons. The van der Waals surface area contributed by atoms with Crippen molar-refractivity contribution in [1.29, 1.82) is 0 Å². The van der Waals surface area contributed by atoms with Crippen molar-refractivity contribution in [3.05, 3.63) is 17.2 Å². The van der Waals surface area contributed by atoms with Gasteiger partial charge in [0.05, 0.1) is 5.69 Å². The molecule has 21 heavy (non-hydrogen) atoms. The number of rotatable bonds is 4. The Morgan fingerprint density at radius 1 is 1.14 bits per heavy atom. The van der Waals surface area contributed by atoms with Gasteiger partial charge in [-0.1, -0.05) is 0 Å². The molecule has 6 heteroatoms. The van der Waals surface area contributed by atoms with Crippen LogP contribution >= 0.6 is 0 Å². The van der Waals surface area contributed by atoms with Crippen LogP contribution in [-0.4, -0.2) is 62.6 Å². The van der Waals surface area contributed by atoms with E-state index in [4.69, 9.17) is 0 Å². The maximum absolute atomic E-state index is 11.8. The highest BCUT2D eigenvalue weighted by molar-refractivity contribution is 5.75. The SMILES string of the molecule is Cc1nc(C(C(=O)O)N2CCN(C(C)C)CC2)c(C)n1C. The van der Waals surface area contributed by atoms with Gasteiger partial charge in [0.2, 0.25) is 0 Å². The molecule has 0 spiro atoms. The highest BCUT2D eigenvalue weighted by Crippen LogP contribution is 2.25. The fourth-order valence-electron chi connectivity index (χ4n) is 2.96. The van der Waals surface area contributed by atoms with E-state index in [-0.39, 0.29) is 0 Å². The molecule has 2 rings (SSSR count). The summed E-state index contributed by atoms with van der Waals surface area (Å²) in [7, 11) is 1.93. The molecule has 0 aliphatic carbocycles. The van der Waals surface area contributed by atoms with E-state index in [1.807, 2.05) is 30.4 Å². The van der Waals surface area contributed by atoms with E-state index >= 15 is 0 Å². The van der Waals surface area contributed by atoms with Gasteiger partial charge in [-0.2, -0.15) is 0 Å². The normalized spacial score (nSPS) is 19.1. The van der Waals surface area contributed by atoms with E-state index in [1.165, 1.54) is 0 Å². The minimum absolute atomic E-state index is 0.509. The van der Waals surface area contributed by atoms with Gasteiger partial charge in [0.25, 0.3) is 0 Å². The summed E-state index contributed by atoms with van der Waals surface area (Å²) in [5.74, 6) is 0.0452. The van der Waals surface area contributed by atoms with Crippen molar-refractivity contribution >= 4 is 5.97 Å². The van der Waals surface area contributed by atoms with E-state index in [2.05, 4.69) is 23.7 Å². The maximum Gasteiger partial charge on any atom is 0.327 e. The summed E-state index contributed by atoms with van der Waals surface area (Å²) in [6, 6.07) is -0.131. The zero-order valence-electron chi connectivity index (χ0n) is 13.6. The van der Waals surface area contributed by atoms with Crippen LogP contribution in [0.2, 0.25) is 0 Å². The van der Waals surface area contributed by atoms with Crippen LogP contribution in [0.5, 0.6) is 0 Å². The zero-order valence-corrected chi connectivity index (χ0v) is 13.6. The first-order chi connectivity index (χ1) is 9.82. The van der Waals surface area contributed by atoms with Gasteiger partial charge in [-0.05, 0) is 27.7 Å². The molecule has 0 aromatic carbocycles. The molecule has 1 atom stereocenters. The number of aryl methyl sites for hydroxylation is 1. The lowest BCUT2D eigenvalue weighted by Gasteiger charge is -2.39. The van der Waals surface area contributed by atoms with E-state index in [0.29, 0.717) is 11.7 Å². The van der Waals surface area contributed by atoms with Crippen LogP contribution in [0.3, 0.4) is 0 Å². The van der Waals surface area contributed by atoms with Gasteiger partial charge in [0.15, 0.2) is 6.04 Å². The Balaban J connectivity index is 2.21. The van der Waals surface area contributed by atoms with Crippen LogP contribution in [0.25, 0.3) is 0 Å². The second-order valence-corrected chi connectivity index (χ2v) is 6.10. The second-order valence-electron chi connectivity index (χ2n) is 6.10. The fraction of sp³-hybridized carbons (Fsp3) is 0.733. The summed E-state index contributed by atoms with van der Waals surface area (Å²) in [6.07, 6.45) is 0. The van der Waals surface area contributed by atoms with Gasteiger partial charge < -0.3 is 9.67 Å². The number of aliphatic carboxylic acids is 1. The summed E-state index contributed by atoms with van der Waals surface area (Å²) in [6.45, 7) is 11.6. The van der Waals surface area contributed by atoms with E-state index in [1.54, 1.807) is 0 Å². The number of hydrogen-bond acceptors (Lipinski definition) is 4. The first-order valence-corrected chi connectivity index (χ1v) is 7.53. The van der Waals surface area contributed by atoms with Crippen molar-refractivity contribution in [2.75, 3.05) is 26.2 Å². The summed E-state index contributed by atoms with van der Waals surface area (Å²) in [5.41, 5.74) is 1.62. The molecular weight excluding hydrogens is 268 g/mol. The van der Waals surface area contributed by atoms with E-state index in [0.717, 1.165) is 37.7 Å². The molecule has 0 saturated carbocycles. The molecule has 0 bridgehead atoms. The Morgan fingerprint density at radius 2 is 1.67 bits per heavy atom. The van der Waals surface area contributed by atoms with Gasteiger partial charge in [-0.3, -0.25) is 14.6 Å². The quantitative estimate of drug-likeness (QED) is 0.904. The molecule has 1 aromatic heterocycles. The van der Waals surface area contributed by atoms with Crippen LogP contribution < -0.4 is 0 Å². The third kappa shape index (κ3) is 3.11. The van der Waals surface area contributed by atoms with Crippen molar-refractivity contribution in [1.82, 2.24) is 19.4 Å². The van der Waals surface area contributed by atoms with Crippen LogP contribution in [0.1, 0.15) is 37.1 Å². The number of carboxylic acid groups (broad SMARTS) is 1. The van der Waals surface area contributed by atoms with E-state index in [9.17, 15) is 9.90 Å². The second kappa shape index (κ2) is 6.15. The third-order valence-electron chi connectivity index (χ3n) is 4.58. The predicted molar refractivity (Wildman–Crippen MR) is 81.3 cm³/mol. The van der Waals surface area contributed by atoms with Crippen molar-refractivity contribution in [3.63, 3.8) is 0 Å². The van der Waals surface area contributed by atoms with Crippen LogP contribution in [-0.2, 0) is 11.8 Å². The summed E-state index contributed by atoms with van der Waals surface area (Å²) >= 11 is 0. The molecule has 6 nitrogen and oxygen atoms in total. The Hall–Kier alpha value is -1.40. The first-order valence-electron chi connectivity index (χ1n) is 7.53. The Labute approximate surface area is 126 Å². The summed E-state index contributed by atoms with van der Waals surface area (Å²) in [5, 5.41) is 9.67.